The molecule has 0 aliphatic rings. The van der Waals surface area contributed by atoms with Gasteiger partial charge < -0.3 is 11.5 Å². The van der Waals surface area contributed by atoms with E-state index in [4.69, 9.17) is 11.5 Å². The van der Waals surface area contributed by atoms with Crippen LogP contribution in [-0.4, -0.2) is 5.78 Å². The molecule has 0 atom stereocenters. The number of anilines is 2. The van der Waals surface area contributed by atoms with Crippen molar-refractivity contribution < 1.29 is 4.79 Å². The molecule has 0 aromatic heterocycles. The first kappa shape index (κ1) is 17.6. The van der Waals surface area contributed by atoms with Gasteiger partial charge in [0.05, 0.1) is 0 Å². The highest BCUT2D eigenvalue weighted by Gasteiger charge is 2.21. The molecule has 0 heterocycles. The molecule has 3 nitrogen and oxygen atoms in total. The van der Waals surface area contributed by atoms with Gasteiger partial charge in [-0.05, 0) is 23.3 Å². The summed E-state index contributed by atoms with van der Waals surface area (Å²) in [7, 11) is 0. The highest BCUT2D eigenvalue weighted by Crippen LogP contribution is 2.35. The zero-order valence-electron chi connectivity index (χ0n) is 15.3. The molecule has 0 unspecified atom stereocenters. The van der Waals surface area contributed by atoms with Gasteiger partial charge in [-0.1, -0.05) is 84.9 Å². The Bertz CT molecular complexity index is 1040. The van der Waals surface area contributed by atoms with Crippen molar-refractivity contribution in [3.8, 4) is 22.3 Å². The van der Waals surface area contributed by atoms with Crippen LogP contribution in [0.25, 0.3) is 22.3 Å². The first-order valence-electron chi connectivity index (χ1n) is 9.09. The van der Waals surface area contributed by atoms with E-state index < -0.39 is 0 Å². The first-order valence-corrected chi connectivity index (χ1v) is 9.09. The second kappa shape index (κ2) is 7.41. The summed E-state index contributed by atoms with van der Waals surface area (Å²) in [5.74, 6) is -0.0997. The minimum atomic E-state index is -0.0997. The Hall–Kier alpha value is -3.85. The molecule has 0 radical (unpaired) electrons. The van der Waals surface area contributed by atoms with E-state index >= 15 is 0 Å². The number of rotatable bonds is 4. The maximum absolute atomic E-state index is 13.6. The van der Waals surface area contributed by atoms with Crippen LogP contribution in [0.4, 0.5) is 11.4 Å². The largest absolute Gasteiger partial charge is 0.398 e. The van der Waals surface area contributed by atoms with E-state index in [1.54, 1.807) is 0 Å². The lowest BCUT2D eigenvalue weighted by atomic mass is 9.88. The SMILES string of the molecule is Nc1cccc(C(=O)c2cccc(N)c2-c2ccccc2)c1-c1ccccc1. The third-order valence-corrected chi connectivity index (χ3v) is 4.81. The van der Waals surface area contributed by atoms with Crippen molar-refractivity contribution in [1.29, 1.82) is 0 Å². The van der Waals surface area contributed by atoms with Crippen LogP contribution < -0.4 is 11.5 Å². The Morgan fingerprint density at radius 1 is 0.500 bits per heavy atom. The summed E-state index contributed by atoms with van der Waals surface area (Å²) in [6.45, 7) is 0. The van der Waals surface area contributed by atoms with Gasteiger partial charge >= 0.3 is 0 Å². The Balaban J connectivity index is 1.92. The summed E-state index contributed by atoms with van der Waals surface area (Å²) in [6, 6.07) is 30.3. The standard InChI is InChI=1S/C25H20N2O/c26-21-15-7-13-19(23(21)17-9-3-1-4-10-17)25(28)20-14-8-16-22(27)24(20)18-11-5-2-6-12-18/h1-16H,26-27H2. The summed E-state index contributed by atoms with van der Waals surface area (Å²) < 4.78 is 0. The zero-order chi connectivity index (χ0) is 19.5. The van der Waals surface area contributed by atoms with Gasteiger partial charge in [-0.2, -0.15) is 0 Å². The third kappa shape index (κ3) is 3.14. The molecule has 0 saturated heterocycles. The predicted molar refractivity (Wildman–Crippen MR) is 116 cm³/mol. The number of hydrogen-bond donors (Lipinski definition) is 2. The van der Waals surface area contributed by atoms with Crippen LogP contribution in [0.5, 0.6) is 0 Å². The molecule has 136 valence electrons. The highest BCUT2D eigenvalue weighted by molar-refractivity contribution is 6.18. The third-order valence-electron chi connectivity index (χ3n) is 4.81. The number of benzene rings is 4. The molecule has 0 bridgehead atoms. The van der Waals surface area contributed by atoms with Gasteiger partial charge in [0.1, 0.15) is 0 Å². The average Bonchev–Trinajstić information content (AvgIpc) is 2.74. The molecule has 0 fully saturated rings. The molecule has 0 aliphatic heterocycles. The fourth-order valence-corrected chi connectivity index (χ4v) is 3.52. The van der Waals surface area contributed by atoms with Gasteiger partial charge in [0.2, 0.25) is 0 Å². The molecule has 3 heteroatoms. The van der Waals surface area contributed by atoms with Crippen LogP contribution in [-0.2, 0) is 0 Å². The van der Waals surface area contributed by atoms with Crippen molar-refractivity contribution in [1.82, 2.24) is 0 Å². The lowest BCUT2D eigenvalue weighted by Crippen LogP contribution is -2.08. The molecule has 28 heavy (non-hydrogen) atoms. The maximum Gasteiger partial charge on any atom is 0.194 e. The number of carbonyl (C=O) groups excluding carboxylic acids is 1. The second-order valence-electron chi connectivity index (χ2n) is 6.60. The highest BCUT2D eigenvalue weighted by atomic mass is 16.1. The topological polar surface area (TPSA) is 69.1 Å². The fourth-order valence-electron chi connectivity index (χ4n) is 3.52. The molecule has 0 aliphatic carbocycles. The van der Waals surface area contributed by atoms with E-state index in [2.05, 4.69) is 0 Å². The number of hydrogen-bond acceptors (Lipinski definition) is 3. The molecule has 0 amide bonds. The van der Waals surface area contributed by atoms with Crippen molar-refractivity contribution in [2.75, 3.05) is 11.5 Å². The lowest BCUT2D eigenvalue weighted by molar-refractivity contribution is 0.104. The molecular weight excluding hydrogens is 344 g/mol. The Morgan fingerprint density at radius 3 is 1.29 bits per heavy atom. The Kier molecular flexibility index (Phi) is 4.65. The molecular formula is C25H20N2O. The monoisotopic (exact) mass is 364 g/mol. The van der Waals surface area contributed by atoms with E-state index in [1.165, 1.54) is 0 Å². The van der Waals surface area contributed by atoms with Crippen LogP contribution in [0.3, 0.4) is 0 Å². The number of ketones is 1. The van der Waals surface area contributed by atoms with E-state index in [0.717, 1.165) is 22.3 Å². The summed E-state index contributed by atoms with van der Waals surface area (Å²) in [6.07, 6.45) is 0. The van der Waals surface area contributed by atoms with E-state index in [-0.39, 0.29) is 5.78 Å². The smallest absolute Gasteiger partial charge is 0.194 e. The normalized spacial score (nSPS) is 10.6. The quantitative estimate of drug-likeness (QED) is 0.375. The minimum Gasteiger partial charge on any atom is -0.398 e. The van der Waals surface area contributed by atoms with Crippen molar-refractivity contribution in [3.63, 3.8) is 0 Å². The van der Waals surface area contributed by atoms with Crippen LogP contribution in [0.2, 0.25) is 0 Å². The van der Waals surface area contributed by atoms with Gasteiger partial charge in [0, 0.05) is 33.6 Å². The molecule has 4 N–H and O–H groups in total. The summed E-state index contributed by atoms with van der Waals surface area (Å²) in [5, 5.41) is 0. The van der Waals surface area contributed by atoms with Crippen LogP contribution in [0.15, 0.2) is 97.1 Å². The van der Waals surface area contributed by atoms with Gasteiger partial charge in [-0.15, -0.1) is 0 Å². The van der Waals surface area contributed by atoms with Gasteiger partial charge in [0.15, 0.2) is 5.78 Å². The minimum absolute atomic E-state index is 0.0997. The van der Waals surface area contributed by atoms with Crippen LogP contribution in [0.1, 0.15) is 15.9 Å². The molecule has 0 saturated carbocycles. The molecule has 4 rings (SSSR count). The number of carbonyl (C=O) groups is 1. The van der Waals surface area contributed by atoms with Crippen molar-refractivity contribution >= 4 is 17.2 Å². The van der Waals surface area contributed by atoms with Gasteiger partial charge in [0.25, 0.3) is 0 Å². The van der Waals surface area contributed by atoms with Crippen LogP contribution >= 0.6 is 0 Å². The van der Waals surface area contributed by atoms with Crippen molar-refractivity contribution in [2.45, 2.75) is 0 Å². The number of nitrogens with two attached hydrogens (primary N) is 2. The van der Waals surface area contributed by atoms with Gasteiger partial charge in [-0.3, -0.25) is 4.79 Å². The number of nitrogen functional groups attached to an aromatic ring is 2. The summed E-state index contributed by atoms with van der Waals surface area (Å²) in [5.41, 5.74) is 18.1. The van der Waals surface area contributed by atoms with Crippen LogP contribution in [0, 0.1) is 0 Å². The fraction of sp³-hybridized carbons (Fsp3) is 0. The predicted octanol–water partition coefficient (Wildman–Crippen LogP) is 5.42. The Labute approximate surface area is 164 Å². The molecule has 4 aromatic rings. The lowest BCUT2D eigenvalue weighted by Gasteiger charge is -2.15. The van der Waals surface area contributed by atoms with E-state index in [9.17, 15) is 4.79 Å². The summed E-state index contributed by atoms with van der Waals surface area (Å²) >= 11 is 0. The molecule has 4 aromatic carbocycles. The second-order valence-corrected chi connectivity index (χ2v) is 6.60. The van der Waals surface area contributed by atoms with Crippen molar-refractivity contribution in [2.24, 2.45) is 0 Å². The van der Waals surface area contributed by atoms with E-state index in [0.29, 0.717) is 22.5 Å². The first-order chi connectivity index (χ1) is 13.7. The van der Waals surface area contributed by atoms with E-state index in [1.807, 2.05) is 97.1 Å². The molecule has 0 spiro atoms. The average molecular weight is 364 g/mol. The van der Waals surface area contributed by atoms with Crippen molar-refractivity contribution in [3.05, 3.63) is 108 Å². The summed E-state index contributed by atoms with van der Waals surface area (Å²) in [4.78, 5) is 13.6. The zero-order valence-corrected chi connectivity index (χ0v) is 15.3. The van der Waals surface area contributed by atoms with Gasteiger partial charge in [-0.25, -0.2) is 0 Å². The Morgan fingerprint density at radius 2 is 0.893 bits per heavy atom. The maximum atomic E-state index is 13.6.